The molecular weight excluding hydrogens is 397 g/mol. The molecule has 29 heavy (non-hydrogen) atoms. The van der Waals surface area contributed by atoms with Gasteiger partial charge in [0.05, 0.1) is 16.2 Å². The van der Waals surface area contributed by atoms with Crippen molar-refractivity contribution in [1.29, 1.82) is 0 Å². The van der Waals surface area contributed by atoms with Gasteiger partial charge in [0, 0.05) is 30.7 Å². The van der Waals surface area contributed by atoms with E-state index >= 15 is 0 Å². The predicted molar refractivity (Wildman–Crippen MR) is 101 cm³/mol. The zero-order chi connectivity index (χ0) is 20.3. The van der Waals surface area contributed by atoms with Gasteiger partial charge in [-0.1, -0.05) is 0 Å². The molecule has 0 bridgehead atoms. The number of nitrogens with zero attached hydrogens (tertiary/aromatic N) is 5. The number of aromatic amines is 1. The molecule has 2 N–H and O–H groups in total. The normalized spacial score (nSPS) is 11.5. The number of rotatable bonds is 6. The molecule has 0 spiro atoms. The third-order valence-corrected chi connectivity index (χ3v) is 5.50. The van der Waals surface area contributed by atoms with Crippen LogP contribution in [0, 0.1) is 5.82 Å². The molecule has 3 heterocycles. The number of benzene rings is 1. The molecule has 0 saturated carbocycles. The van der Waals surface area contributed by atoms with E-state index in [9.17, 15) is 12.8 Å². The van der Waals surface area contributed by atoms with E-state index < -0.39 is 15.8 Å². The van der Waals surface area contributed by atoms with Crippen LogP contribution in [-0.2, 0) is 16.6 Å². The van der Waals surface area contributed by atoms with Crippen LogP contribution in [0.3, 0.4) is 0 Å². The zero-order valence-electron chi connectivity index (χ0n) is 14.8. The smallest absolute Gasteiger partial charge is 0.240 e. The third-order valence-electron chi connectivity index (χ3n) is 4.10. The van der Waals surface area contributed by atoms with Gasteiger partial charge >= 0.3 is 0 Å². The highest BCUT2D eigenvalue weighted by Gasteiger charge is 2.18. The Balaban J connectivity index is 1.55. The number of tetrazole rings is 1. The maximum Gasteiger partial charge on any atom is 0.240 e. The molecule has 0 unspecified atom stereocenters. The highest BCUT2D eigenvalue weighted by molar-refractivity contribution is 7.89. The average Bonchev–Trinajstić information content (AvgIpc) is 3.28. The lowest BCUT2D eigenvalue weighted by Crippen LogP contribution is -2.23. The van der Waals surface area contributed by atoms with Gasteiger partial charge in [0.15, 0.2) is 0 Å². The summed E-state index contributed by atoms with van der Waals surface area (Å²) in [6.07, 6.45) is 4.91. The van der Waals surface area contributed by atoms with Gasteiger partial charge in [-0.2, -0.15) is 5.21 Å². The predicted octanol–water partition coefficient (Wildman–Crippen LogP) is 1.94. The van der Waals surface area contributed by atoms with Crippen molar-refractivity contribution in [3.8, 4) is 22.6 Å². The molecule has 0 saturated heterocycles. The van der Waals surface area contributed by atoms with Crippen LogP contribution in [0.5, 0.6) is 0 Å². The maximum absolute atomic E-state index is 14.0. The van der Waals surface area contributed by atoms with E-state index in [0.717, 1.165) is 23.3 Å². The van der Waals surface area contributed by atoms with Crippen molar-refractivity contribution >= 4 is 10.0 Å². The Morgan fingerprint density at radius 1 is 1.03 bits per heavy atom. The molecule has 4 aromatic rings. The SMILES string of the molecule is O=S(=O)(NCc1ccnc(-c2ccncc2)c1)c1ccc(F)c(-c2nn[nH]n2)c1. The first-order chi connectivity index (χ1) is 14.0. The van der Waals surface area contributed by atoms with Gasteiger partial charge in [0.2, 0.25) is 15.8 Å². The minimum absolute atomic E-state index is 0.0318. The number of pyridine rings is 2. The van der Waals surface area contributed by atoms with Crippen molar-refractivity contribution in [2.75, 3.05) is 0 Å². The molecule has 0 atom stereocenters. The van der Waals surface area contributed by atoms with Crippen LogP contribution in [0.1, 0.15) is 5.56 Å². The fourth-order valence-corrected chi connectivity index (χ4v) is 3.69. The van der Waals surface area contributed by atoms with E-state index in [-0.39, 0.29) is 22.8 Å². The van der Waals surface area contributed by atoms with Crippen molar-refractivity contribution in [3.05, 3.63) is 72.4 Å². The van der Waals surface area contributed by atoms with E-state index in [2.05, 4.69) is 35.3 Å². The van der Waals surface area contributed by atoms with Crippen LogP contribution >= 0.6 is 0 Å². The van der Waals surface area contributed by atoms with Crippen LogP contribution in [-0.4, -0.2) is 39.0 Å². The summed E-state index contributed by atoms with van der Waals surface area (Å²) in [5.41, 5.74) is 2.22. The van der Waals surface area contributed by atoms with Gasteiger partial charge in [-0.15, -0.1) is 10.2 Å². The van der Waals surface area contributed by atoms with Gasteiger partial charge in [-0.3, -0.25) is 9.97 Å². The lowest BCUT2D eigenvalue weighted by atomic mass is 10.1. The minimum Gasteiger partial charge on any atom is -0.265 e. The molecule has 146 valence electrons. The summed E-state index contributed by atoms with van der Waals surface area (Å²) in [5, 5.41) is 12.9. The molecule has 0 amide bonds. The van der Waals surface area contributed by atoms with E-state index in [4.69, 9.17) is 0 Å². The van der Waals surface area contributed by atoms with Crippen molar-refractivity contribution in [2.45, 2.75) is 11.4 Å². The first kappa shape index (κ1) is 18.8. The summed E-state index contributed by atoms with van der Waals surface area (Å²) >= 11 is 0. The van der Waals surface area contributed by atoms with Gasteiger partial charge in [0.1, 0.15) is 5.82 Å². The Morgan fingerprint density at radius 3 is 2.62 bits per heavy atom. The van der Waals surface area contributed by atoms with Gasteiger partial charge in [0.25, 0.3) is 0 Å². The fraction of sp³-hybridized carbons (Fsp3) is 0.0556. The summed E-state index contributed by atoms with van der Waals surface area (Å²) in [6.45, 7) is 0.0395. The maximum atomic E-state index is 14.0. The number of nitrogens with one attached hydrogen (secondary N) is 2. The van der Waals surface area contributed by atoms with Crippen LogP contribution < -0.4 is 4.72 Å². The van der Waals surface area contributed by atoms with Crippen LogP contribution in [0.25, 0.3) is 22.6 Å². The summed E-state index contributed by atoms with van der Waals surface area (Å²) in [7, 11) is -3.90. The lowest BCUT2D eigenvalue weighted by molar-refractivity contribution is 0.580. The molecular formula is C18H14FN7O2S. The summed E-state index contributed by atoms with van der Waals surface area (Å²) in [5.74, 6) is -0.683. The van der Waals surface area contributed by atoms with Crippen LogP contribution in [0.2, 0.25) is 0 Å². The van der Waals surface area contributed by atoms with Crippen molar-refractivity contribution in [2.24, 2.45) is 0 Å². The molecule has 0 radical (unpaired) electrons. The molecule has 9 nitrogen and oxygen atoms in total. The van der Waals surface area contributed by atoms with E-state index in [1.54, 1.807) is 30.7 Å². The zero-order valence-corrected chi connectivity index (χ0v) is 15.6. The molecule has 0 fully saturated rings. The minimum atomic E-state index is -3.90. The molecule has 0 aliphatic rings. The standard InChI is InChI=1S/C18H14FN7O2S/c19-16-2-1-14(10-15(16)18-23-25-26-24-18)29(27,28)22-11-12-3-8-21-17(9-12)13-4-6-20-7-5-13/h1-10,22H,11H2,(H,23,24,25,26). The average molecular weight is 411 g/mol. The second kappa shape index (κ2) is 7.81. The van der Waals surface area contributed by atoms with Gasteiger partial charge in [-0.05, 0) is 53.2 Å². The number of sulfonamides is 1. The lowest BCUT2D eigenvalue weighted by Gasteiger charge is -2.09. The highest BCUT2D eigenvalue weighted by atomic mass is 32.2. The Hall–Kier alpha value is -3.57. The molecule has 11 heteroatoms. The van der Waals surface area contributed by atoms with E-state index in [1.165, 1.54) is 6.07 Å². The largest absolute Gasteiger partial charge is 0.265 e. The third kappa shape index (κ3) is 4.15. The first-order valence-electron chi connectivity index (χ1n) is 8.41. The second-order valence-electron chi connectivity index (χ2n) is 5.99. The molecule has 0 aliphatic carbocycles. The number of hydrogen-bond donors (Lipinski definition) is 2. The fourth-order valence-electron chi connectivity index (χ4n) is 2.65. The number of H-pyrrole nitrogens is 1. The topological polar surface area (TPSA) is 126 Å². The summed E-state index contributed by atoms with van der Waals surface area (Å²) < 4.78 is 41.9. The van der Waals surface area contributed by atoms with Crippen LogP contribution in [0.15, 0.2) is 66.0 Å². The number of halogens is 1. The number of aromatic nitrogens is 6. The first-order valence-corrected chi connectivity index (χ1v) is 9.89. The number of hydrogen-bond acceptors (Lipinski definition) is 7. The Labute approximate surface area is 165 Å². The molecule has 3 aromatic heterocycles. The van der Waals surface area contributed by atoms with E-state index in [0.29, 0.717) is 5.69 Å². The van der Waals surface area contributed by atoms with E-state index in [1.807, 2.05) is 12.1 Å². The van der Waals surface area contributed by atoms with Crippen molar-refractivity contribution < 1.29 is 12.8 Å². The summed E-state index contributed by atoms with van der Waals surface area (Å²) in [6, 6.07) is 10.5. The Morgan fingerprint density at radius 2 is 1.86 bits per heavy atom. The Bertz CT molecular complexity index is 1230. The van der Waals surface area contributed by atoms with Crippen molar-refractivity contribution in [3.63, 3.8) is 0 Å². The molecule has 1 aromatic carbocycles. The highest BCUT2D eigenvalue weighted by Crippen LogP contribution is 2.22. The van der Waals surface area contributed by atoms with Gasteiger partial charge in [-0.25, -0.2) is 17.5 Å². The monoisotopic (exact) mass is 411 g/mol. The van der Waals surface area contributed by atoms with Crippen molar-refractivity contribution in [1.82, 2.24) is 35.3 Å². The second-order valence-corrected chi connectivity index (χ2v) is 7.75. The van der Waals surface area contributed by atoms with Gasteiger partial charge < -0.3 is 0 Å². The molecule has 0 aliphatic heterocycles. The summed E-state index contributed by atoms with van der Waals surface area (Å²) in [4.78, 5) is 8.15. The molecule has 4 rings (SSSR count). The Kier molecular flexibility index (Phi) is 5.06. The van der Waals surface area contributed by atoms with Crippen LogP contribution in [0.4, 0.5) is 4.39 Å². The quantitative estimate of drug-likeness (QED) is 0.496.